The average molecular weight is 313 g/mol. The van der Waals surface area contributed by atoms with Gasteiger partial charge in [-0.2, -0.15) is 0 Å². The normalized spacial score (nSPS) is 11.4. The third kappa shape index (κ3) is 5.11. The molecule has 1 aromatic carbocycles. The fraction of sp³-hybridized carbons (Fsp3) is 0.500. The maximum Gasteiger partial charge on any atom is 0.240 e. The van der Waals surface area contributed by atoms with E-state index in [1.54, 1.807) is 17.0 Å². The van der Waals surface area contributed by atoms with E-state index >= 15 is 0 Å². The second-order valence-corrected chi connectivity index (χ2v) is 6.33. The molecular formula is C14H23N3O3S. The van der Waals surface area contributed by atoms with Crippen molar-refractivity contribution >= 4 is 15.9 Å². The molecule has 0 saturated carbocycles. The van der Waals surface area contributed by atoms with Crippen LogP contribution in [0.1, 0.15) is 25.8 Å². The number of sulfonamides is 1. The number of hydrogen-bond acceptors (Lipinski definition) is 4. The number of carbonyl (C=O) groups is 1. The van der Waals surface area contributed by atoms with Crippen LogP contribution in [-0.2, 0) is 21.4 Å². The van der Waals surface area contributed by atoms with Crippen LogP contribution in [0, 0.1) is 0 Å². The van der Waals surface area contributed by atoms with E-state index in [4.69, 9.17) is 5.73 Å². The van der Waals surface area contributed by atoms with Crippen molar-refractivity contribution in [3.05, 3.63) is 29.8 Å². The second-order valence-electron chi connectivity index (χ2n) is 4.57. The summed E-state index contributed by atoms with van der Waals surface area (Å²) < 4.78 is 26.7. The van der Waals surface area contributed by atoms with Gasteiger partial charge in [0.1, 0.15) is 0 Å². The molecule has 0 saturated heterocycles. The number of rotatable bonds is 8. The van der Waals surface area contributed by atoms with E-state index in [1.165, 1.54) is 12.1 Å². The van der Waals surface area contributed by atoms with Crippen LogP contribution >= 0.6 is 0 Å². The van der Waals surface area contributed by atoms with Crippen LogP contribution in [-0.4, -0.2) is 38.9 Å². The first-order chi connectivity index (χ1) is 9.94. The molecule has 0 fully saturated rings. The third-order valence-corrected chi connectivity index (χ3v) is 4.65. The Balaban J connectivity index is 2.63. The summed E-state index contributed by atoms with van der Waals surface area (Å²) in [5.74, 6) is -0.0570. The Bertz CT molecular complexity index is 569. The molecule has 0 radical (unpaired) electrons. The van der Waals surface area contributed by atoms with Crippen molar-refractivity contribution in [1.82, 2.24) is 9.62 Å². The Hall–Kier alpha value is -1.44. The highest BCUT2D eigenvalue weighted by Crippen LogP contribution is 2.11. The quantitative estimate of drug-likeness (QED) is 0.738. The lowest BCUT2D eigenvalue weighted by atomic mass is 10.2. The number of amides is 1. The van der Waals surface area contributed by atoms with E-state index in [0.717, 1.165) is 5.56 Å². The van der Waals surface area contributed by atoms with Crippen LogP contribution in [0.3, 0.4) is 0 Å². The predicted molar refractivity (Wildman–Crippen MR) is 82.1 cm³/mol. The third-order valence-electron chi connectivity index (χ3n) is 3.19. The smallest absolute Gasteiger partial charge is 0.240 e. The summed E-state index contributed by atoms with van der Waals surface area (Å²) >= 11 is 0. The molecule has 0 aliphatic rings. The molecule has 0 bridgehead atoms. The van der Waals surface area contributed by atoms with Gasteiger partial charge in [-0.3, -0.25) is 4.79 Å². The van der Waals surface area contributed by atoms with Crippen LogP contribution in [0.4, 0.5) is 0 Å². The zero-order valence-corrected chi connectivity index (χ0v) is 13.3. The Morgan fingerprint density at radius 3 is 2.52 bits per heavy atom. The van der Waals surface area contributed by atoms with Crippen LogP contribution in [0.5, 0.6) is 0 Å². The lowest BCUT2D eigenvalue weighted by Gasteiger charge is -2.18. The van der Waals surface area contributed by atoms with Gasteiger partial charge in [0.15, 0.2) is 0 Å². The van der Waals surface area contributed by atoms with Gasteiger partial charge in [-0.25, -0.2) is 13.1 Å². The van der Waals surface area contributed by atoms with Crippen molar-refractivity contribution < 1.29 is 13.2 Å². The average Bonchev–Trinajstić information content (AvgIpc) is 2.48. The summed E-state index contributed by atoms with van der Waals surface area (Å²) in [6, 6.07) is 6.46. The molecular weight excluding hydrogens is 290 g/mol. The number of carbonyl (C=O) groups excluding carboxylic acids is 1. The zero-order valence-electron chi connectivity index (χ0n) is 12.5. The van der Waals surface area contributed by atoms with Crippen molar-refractivity contribution in [3.8, 4) is 0 Å². The van der Waals surface area contributed by atoms with Crippen molar-refractivity contribution in [1.29, 1.82) is 0 Å². The van der Waals surface area contributed by atoms with Gasteiger partial charge in [-0.05, 0) is 31.5 Å². The minimum absolute atomic E-state index is 0.0570. The lowest BCUT2D eigenvalue weighted by molar-refractivity contribution is -0.130. The minimum atomic E-state index is -3.60. The van der Waals surface area contributed by atoms with Crippen LogP contribution in [0.2, 0.25) is 0 Å². The molecule has 7 heteroatoms. The Morgan fingerprint density at radius 2 is 1.95 bits per heavy atom. The van der Waals surface area contributed by atoms with Crippen molar-refractivity contribution in [2.24, 2.45) is 5.73 Å². The molecule has 6 nitrogen and oxygen atoms in total. The summed E-state index contributed by atoms with van der Waals surface area (Å²) in [7, 11) is -3.60. The second kappa shape index (κ2) is 8.11. The fourth-order valence-electron chi connectivity index (χ4n) is 1.95. The Labute approximate surface area is 126 Å². The zero-order chi connectivity index (χ0) is 15.9. The number of benzene rings is 1. The van der Waals surface area contributed by atoms with E-state index in [9.17, 15) is 13.2 Å². The van der Waals surface area contributed by atoms with Crippen LogP contribution in [0.15, 0.2) is 29.2 Å². The molecule has 0 aliphatic carbocycles. The summed E-state index contributed by atoms with van der Waals surface area (Å²) in [5, 5.41) is 0. The van der Waals surface area contributed by atoms with E-state index in [0.29, 0.717) is 13.1 Å². The largest absolute Gasteiger partial charge is 0.343 e. The molecule has 0 aromatic heterocycles. The molecule has 0 atom stereocenters. The highest BCUT2D eigenvalue weighted by molar-refractivity contribution is 7.89. The number of nitrogens with one attached hydrogen (secondary N) is 1. The summed E-state index contributed by atoms with van der Waals surface area (Å²) in [5.41, 5.74) is 6.25. The molecule has 3 N–H and O–H groups in total. The van der Waals surface area contributed by atoms with Gasteiger partial charge in [-0.15, -0.1) is 0 Å². The van der Waals surface area contributed by atoms with Crippen LogP contribution < -0.4 is 10.5 Å². The SMILES string of the molecule is CCN(CC)C(=O)CCNS(=O)(=O)c1cccc(CN)c1. The van der Waals surface area contributed by atoms with Crippen molar-refractivity contribution in [2.45, 2.75) is 31.7 Å². The fourth-order valence-corrected chi connectivity index (χ4v) is 3.05. The molecule has 0 heterocycles. The van der Waals surface area contributed by atoms with Gasteiger partial charge >= 0.3 is 0 Å². The van der Waals surface area contributed by atoms with Gasteiger partial charge in [-0.1, -0.05) is 12.1 Å². The van der Waals surface area contributed by atoms with E-state index in [1.807, 2.05) is 13.8 Å². The topological polar surface area (TPSA) is 92.5 Å². The molecule has 21 heavy (non-hydrogen) atoms. The van der Waals surface area contributed by atoms with Crippen molar-refractivity contribution in [3.63, 3.8) is 0 Å². The van der Waals surface area contributed by atoms with Gasteiger partial charge in [0.2, 0.25) is 15.9 Å². The molecule has 118 valence electrons. The van der Waals surface area contributed by atoms with E-state index < -0.39 is 10.0 Å². The monoisotopic (exact) mass is 313 g/mol. The first-order valence-corrected chi connectivity index (χ1v) is 8.49. The van der Waals surface area contributed by atoms with Gasteiger partial charge in [0.05, 0.1) is 4.90 Å². The minimum Gasteiger partial charge on any atom is -0.343 e. The number of hydrogen-bond donors (Lipinski definition) is 2. The summed E-state index contributed by atoms with van der Waals surface area (Å²) in [6.07, 6.45) is 0.150. The lowest BCUT2D eigenvalue weighted by Crippen LogP contribution is -2.34. The maximum absolute atomic E-state index is 12.1. The van der Waals surface area contributed by atoms with Gasteiger partial charge < -0.3 is 10.6 Å². The number of nitrogens with zero attached hydrogens (tertiary/aromatic N) is 1. The predicted octanol–water partition coefficient (Wildman–Crippen LogP) is 0.682. The summed E-state index contributed by atoms with van der Waals surface area (Å²) in [6.45, 7) is 5.41. The van der Waals surface area contributed by atoms with Crippen molar-refractivity contribution in [2.75, 3.05) is 19.6 Å². The highest BCUT2D eigenvalue weighted by atomic mass is 32.2. The highest BCUT2D eigenvalue weighted by Gasteiger charge is 2.15. The van der Waals surface area contributed by atoms with Gasteiger partial charge in [0, 0.05) is 32.6 Å². The Morgan fingerprint density at radius 1 is 1.29 bits per heavy atom. The molecule has 0 aliphatic heterocycles. The molecule has 0 unspecified atom stereocenters. The van der Waals surface area contributed by atoms with E-state index in [2.05, 4.69) is 4.72 Å². The Kier molecular flexibility index (Phi) is 6.80. The molecule has 1 aromatic rings. The molecule has 1 rings (SSSR count). The molecule has 1 amide bonds. The first kappa shape index (κ1) is 17.6. The number of nitrogens with two attached hydrogens (primary N) is 1. The standard InChI is InChI=1S/C14H23N3O3S/c1-3-17(4-2)14(18)8-9-16-21(19,20)13-7-5-6-12(10-13)11-15/h5-7,10,16H,3-4,8-9,11,15H2,1-2H3. The summed E-state index contributed by atoms with van der Waals surface area (Å²) in [4.78, 5) is 13.6. The van der Waals surface area contributed by atoms with Crippen LogP contribution in [0.25, 0.3) is 0 Å². The van der Waals surface area contributed by atoms with Gasteiger partial charge in [0.25, 0.3) is 0 Å². The molecule has 0 spiro atoms. The van der Waals surface area contributed by atoms with E-state index in [-0.39, 0.29) is 30.3 Å². The maximum atomic E-state index is 12.1. The first-order valence-electron chi connectivity index (χ1n) is 7.01.